The van der Waals surface area contributed by atoms with Gasteiger partial charge in [-0.15, -0.1) is 0 Å². The number of rotatable bonds is 0. The lowest BCUT2D eigenvalue weighted by atomic mass is 10.0. The minimum absolute atomic E-state index is 0.596. The monoisotopic (exact) mass is 112 g/mol. The molecule has 8 heavy (non-hydrogen) atoms. The molecule has 2 saturated heterocycles. The van der Waals surface area contributed by atoms with E-state index in [-0.39, 0.29) is 0 Å². The smallest absolute Gasteiger partial charge is 0.0917 e. The standard InChI is InChI=1S/C6H8O2/c1-4-3(2-7-4)6-5(1)8-6/h3-6H,1-2H2/t3-,4+,5+,6+/m0/s1. The average molecular weight is 112 g/mol. The zero-order valence-electron chi connectivity index (χ0n) is 4.54. The Morgan fingerprint density at radius 1 is 1.25 bits per heavy atom. The third kappa shape index (κ3) is 0.273. The van der Waals surface area contributed by atoms with Gasteiger partial charge < -0.3 is 9.47 Å². The molecular formula is C6H8O2. The summed E-state index contributed by atoms with van der Waals surface area (Å²) in [6, 6.07) is 0. The van der Waals surface area contributed by atoms with Crippen LogP contribution in [0.3, 0.4) is 0 Å². The Labute approximate surface area is 47.8 Å². The lowest BCUT2D eigenvalue weighted by Crippen LogP contribution is -2.39. The van der Waals surface area contributed by atoms with Gasteiger partial charge in [-0.1, -0.05) is 0 Å². The molecule has 0 bridgehead atoms. The topological polar surface area (TPSA) is 21.8 Å². The van der Waals surface area contributed by atoms with E-state index in [1.807, 2.05) is 0 Å². The fourth-order valence-corrected chi connectivity index (χ4v) is 1.84. The van der Waals surface area contributed by atoms with E-state index < -0.39 is 0 Å². The maximum Gasteiger partial charge on any atom is 0.0917 e. The van der Waals surface area contributed by atoms with Crippen molar-refractivity contribution in [1.29, 1.82) is 0 Å². The fourth-order valence-electron chi connectivity index (χ4n) is 1.84. The van der Waals surface area contributed by atoms with E-state index in [2.05, 4.69) is 0 Å². The van der Waals surface area contributed by atoms with Gasteiger partial charge in [-0.05, 0) is 0 Å². The zero-order valence-corrected chi connectivity index (χ0v) is 4.54. The van der Waals surface area contributed by atoms with Gasteiger partial charge in [0.25, 0.3) is 0 Å². The van der Waals surface area contributed by atoms with Crippen LogP contribution in [0.4, 0.5) is 0 Å². The highest BCUT2D eigenvalue weighted by atomic mass is 16.6. The summed E-state index contributed by atoms with van der Waals surface area (Å²) in [6.07, 6.45) is 3.00. The minimum Gasteiger partial charge on any atom is -0.377 e. The summed E-state index contributed by atoms with van der Waals surface area (Å²) in [5.41, 5.74) is 0. The van der Waals surface area contributed by atoms with Crippen LogP contribution in [-0.4, -0.2) is 24.9 Å². The van der Waals surface area contributed by atoms with Gasteiger partial charge in [-0.2, -0.15) is 0 Å². The van der Waals surface area contributed by atoms with Crippen LogP contribution in [0.15, 0.2) is 0 Å². The van der Waals surface area contributed by atoms with Crippen LogP contribution in [-0.2, 0) is 9.47 Å². The summed E-state index contributed by atoms with van der Waals surface area (Å²) in [7, 11) is 0. The first-order chi connectivity index (χ1) is 3.95. The number of fused-ring (bicyclic) bond motifs is 3. The summed E-state index contributed by atoms with van der Waals surface area (Å²) < 4.78 is 10.6. The maximum atomic E-state index is 5.31. The van der Waals surface area contributed by atoms with Gasteiger partial charge in [0.15, 0.2) is 0 Å². The molecule has 3 fully saturated rings. The number of ether oxygens (including phenoxy) is 2. The molecule has 4 atom stereocenters. The molecule has 0 unspecified atom stereocenters. The van der Waals surface area contributed by atoms with Crippen molar-refractivity contribution in [2.45, 2.75) is 24.7 Å². The van der Waals surface area contributed by atoms with E-state index in [1.165, 1.54) is 6.42 Å². The Bertz CT molecular complexity index is 130. The van der Waals surface area contributed by atoms with E-state index in [1.54, 1.807) is 0 Å². The Morgan fingerprint density at radius 3 is 2.62 bits per heavy atom. The van der Waals surface area contributed by atoms with Crippen molar-refractivity contribution in [2.75, 3.05) is 6.61 Å². The molecule has 1 aliphatic carbocycles. The lowest BCUT2D eigenvalue weighted by Gasteiger charge is -2.31. The molecule has 0 aromatic heterocycles. The first kappa shape index (κ1) is 3.85. The fraction of sp³-hybridized carbons (Fsp3) is 1.00. The Kier molecular flexibility index (Phi) is 0.461. The van der Waals surface area contributed by atoms with Gasteiger partial charge >= 0.3 is 0 Å². The second-order valence-corrected chi connectivity index (χ2v) is 2.91. The predicted octanol–water partition coefficient (Wildman–Crippen LogP) is 0.172. The van der Waals surface area contributed by atoms with Crippen molar-refractivity contribution in [2.24, 2.45) is 5.92 Å². The highest BCUT2D eigenvalue weighted by molar-refractivity contribution is 5.06. The third-order valence-electron chi connectivity index (χ3n) is 2.49. The molecule has 0 spiro atoms. The van der Waals surface area contributed by atoms with Crippen molar-refractivity contribution >= 4 is 0 Å². The zero-order chi connectivity index (χ0) is 5.14. The van der Waals surface area contributed by atoms with Crippen LogP contribution in [0.5, 0.6) is 0 Å². The molecule has 44 valence electrons. The molecule has 1 saturated carbocycles. The highest BCUT2D eigenvalue weighted by Crippen LogP contribution is 2.49. The second kappa shape index (κ2) is 0.957. The van der Waals surface area contributed by atoms with Crippen LogP contribution < -0.4 is 0 Å². The molecule has 2 heteroatoms. The molecule has 0 amide bonds. The van der Waals surface area contributed by atoms with E-state index >= 15 is 0 Å². The van der Waals surface area contributed by atoms with E-state index in [0.29, 0.717) is 18.3 Å². The first-order valence-electron chi connectivity index (χ1n) is 3.22. The molecule has 0 aromatic rings. The Hall–Kier alpha value is -0.0800. The Balaban J connectivity index is 1.92. The van der Waals surface area contributed by atoms with Crippen LogP contribution in [0.25, 0.3) is 0 Å². The van der Waals surface area contributed by atoms with Crippen LogP contribution in [0.1, 0.15) is 6.42 Å². The molecule has 0 radical (unpaired) electrons. The molecule has 0 aromatic carbocycles. The SMILES string of the molecule is C1O[C@@H]2C[C@H]3O[C@@H]3[C@@H]12. The first-order valence-corrected chi connectivity index (χ1v) is 3.22. The largest absolute Gasteiger partial charge is 0.377 e. The number of hydrogen-bond acceptors (Lipinski definition) is 2. The molecule has 3 rings (SSSR count). The lowest BCUT2D eigenvalue weighted by molar-refractivity contribution is -0.122. The average Bonchev–Trinajstić information content (AvgIpc) is 2.34. The van der Waals surface area contributed by atoms with Crippen molar-refractivity contribution in [3.63, 3.8) is 0 Å². The van der Waals surface area contributed by atoms with E-state index in [0.717, 1.165) is 12.5 Å². The molecule has 3 aliphatic rings. The van der Waals surface area contributed by atoms with Gasteiger partial charge in [-0.25, -0.2) is 0 Å². The number of epoxide rings is 1. The van der Waals surface area contributed by atoms with Crippen molar-refractivity contribution in [3.05, 3.63) is 0 Å². The Morgan fingerprint density at radius 2 is 2.25 bits per heavy atom. The third-order valence-corrected chi connectivity index (χ3v) is 2.49. The van der Waals surface area contributed by atoms with Gasteiger partial charge in [0.05, 0.1) is 24.9 Å². The molecule has 0 N–H and O–H groups in total. The predicted molar refractivity (Wildman–Crippen MR) is 26.5 cm³/mol. The van der Waals surface area contributed by atoms with Crippen LogP contribution >= 0.6 is 0 Å². The van der Waals surface area contributed by atoms with Gasteiger partial charge in [0.2, 0.25) is 0 Å². The minimum atomic E-state index is 0.596. The summed E-state index contributed by atoms with van der Waals surface area (Å²) in [4.78, 5) is 0. The highest BCUT2D eigenvalue weighted by Gasteiger charge is 2.60. The van der Waals surface area contributed by atoms with Gasteiger partial charge in [-0.3, -0.25) is 0 Å². The van der Waals surface area contributed by atoms with E-state index in [9.17, 15) is 0 Å². The summed E-state index contributed by atoms with van der Waals surface area (Å²) >= 11 is 0. The van der Waals surface area contributed by atoms with Gasteiger partial charge in [0, 0.05) is 12.3 Å². The van der Waals surface area contributed by atoms with Crippen LogP contribution in [0, 0.1) is 5.92 Å². The summed E-state index contributed by atoms with van der Waals surface area (Å²) in [5, 5.41) is 0. The quantitative estimate of drug-likeness (QED) is 0.417. The molecule has 2 aliphatic heterocycles. The van der Waals surface area contributed by atoms with Gasteiger partial charge in [0.1, 0.15) is 0 Å². The second-order valence-electron chi connectivity index (χ2n) is 2.91. The normalized spacial score (nSPS) is 66.0. The molecule has 2 nitrogen and oxygen atoms in total. The van der Waals surface area contributed by atoms with Crippen molar-refractivity contribution in [3.8, 4) is 0 Å². The van der Waals surface area contributed by atoms with Crippen LogP contribution in [0.2, 0.25) is 0 Å². The van der Waals surface area contributed by atoms with E-state index in [4.69, 9.17) is 9.47 Å². The molecular weight excluding hydrogens is 104 g/mol. The maximum absolute atomic E-state index is 5.31. The summed E-state index contributed by atoms with van der Waals surface area (Å²) in [5.74, 6) is 0.792. The number of hydrogen-bond donors (Lipinski definition) is 0. The summed E-state index contributed by atoms with van der Waals surface area (Å²) in [6.45, 7) is 0.964. The van der Waals surface area contributed by atoms with Crippen molar-refractivity contribution in [1.82, 2.24) is 0 Å². The van der Waals surface area contributed by atoms with Crippen molar-refractivity contribution < 1.29 is 9.47 Å². The molecule has 2 heterocycles.